The zero-order valence-corrected chi connectivity index (χ0v) is 24.5. The lowest BCUT2D eigenvalue weighted by atomic mass is 10.0. The summed E-state index contributed by atoms with van der Waals surface area (Å²) in [5, 5.41) is 32.4. The Bertz CT molecular complexity index is 1420. The van der Waals surface area contributed by atoms with Crippen LogP contribution in [0, 0.1) is 0 Å². The van der Waals surface area contributed by atoms with Crippen LogP contribution < -0.4 is 38.1 Å². The highest BCUT2D eigenvalue weighted by atomic mass is 16.4. The Hall–Kier alpha value is -5.19. The summed E-state index contributed by atoms with van der Waals surface area (Å²) < 4.78 is 0. The lowest BCUT2D eigenvalue weighted by molar-refractivity contribution is -0.143. The number of hydrogen-bond donors (Lipinski definition) is 10. The smallest absolute Gasteiger partial charge is 0.326 e. The molecule has 1 aromatic heterocycles. The number of hydrogen-bond acceptors (Lipinski definition) is 8. The Balaban J connectivity index is 1.60. The number of aromatic nitrogens is 1. The second-order valence-electron chi connectivity index (χ2n) is 10.6. The van der Waals surface area contributed by atoms with Gasteiger partial charge in [-0.25, -0.2) is 4.79 Å². The predicted molar refractivity (Wildman–Crippen MR) is 162 cm³/mol. The van der Waals surface area contributed by atoms with Gasteiger partial charge in [-0.05, 0) is 43.9 Å². The van der Waals surface area contributed by atoms with Crippen LogP contribution in [0.1, 0.15) is 37.7 Å². The second-order valence-corrected chi connectivity index (χ2v) is 10.6. The van der Waals surface area contributed by atoms with E-state index in [1.165, 1.54) is 0 Å². The number of nitrogens with zero attached hydrogens (tertiary/aromatic N) is 1. The number of para-hydroxylation sites is 1. The van der Waals surface area contributed by atoms with Crippen molar-refractivity contribution < 1.29 is 39.0 Å². The van der Waals surface area contributed by atoms with Gasteiger partial charge in [-0.15, -0.1) is 0 Å². The average Bonchev–Trinajstić information content (AvgIpc) is 3.67. The molecule has 1 aliphatic rings. The van der Waals surface area contributed by atoms with Gasteiger partial charge in [0.2, 0.25) is 23.6 Å². The van der Waals surface area contributed by atoms with E-state index in [2.05, 4.69) is 36.6 Å². The molecular formula is C28H39N9O8. The first-order chi connectivity index (χ1) is 21.4. The molecule has 17 heteroatoms. The summed E-state index contributed by atoms with van der Waals surface area (Å²) in [7, 11) is 0. The number of nitrogens with two attached hydrogens (primary N) is 2. The van der Waals surface area contributed by atoms with E-state index >= 15 is 0 Å². The van der Waals surface area contributed by atoms with Crippen molar-refractivity contribution in [3.8, 4) is 0 Å². The number of aliphatic imine (C=N–C) groups is 1. The topological polar surface area (TPSA) is 283 Å². The third-order valence-corrected chi connectivity index (χ3v) is 7.12. The number of carbonyl (C=O) groups is 6. The molecule has 0 aliphatic carbocycles. The SMILES string of the molecule is NC(N)=NCCCC(NC(=O)C1CCCN1)C(=O)NCC(=O)NC(CC(=O)O)C(=O)NC(Cc1c[nH]c2ccccc12)C(=O)O. The highest BCUT2D eigenvalue weighted by Crippen LogP contribution is 2.19. The number of benzene rings is 1. The molecule has 17 nitrogen and oxygen atoms in total. The van der Waals surface area contributed by atoms with E-state index in [0.717, 1.165) is 17.3 Å². The standard InChI is InChI=1S/C28H39N9O8/c29-28(30)32-10-4-8-19(36-25(42)18-7-3-9-31-18)24(41)34-14-22(38)35-20(12-23(39)40)26(43)37-21(27(44)45)11-15-13-33-17-6-2-1-5-16(15)17/h1-2,5-6,13,18-21,31,33H,3-4,7-12,14H2,(H,34,41)(H,35,38)(H,36,42)(H,37,43)(H,39,40)(H,44,45)(H4,29,30,32). The molecule has 3 rings (SSSR count). The molecule has 4 amide bonds. The number of rotatable bonds is 17. The molecule has 12 N–H and O–H groups in total. The molecule has 45 heavy (non-hydrogen) atoms. The lowest BCUT2D eigenvalue weighted by Crippen LogP contribution is -2.55. The van der Waals surface area contributed by atoms with E-state index in [-0.39, 0.29) is 31.3 Å². The van der Waals surface area contributed by atoms with Crippen LogP contribution in [0.5, 0.6) is 0 Å². The van der Waals surface area contributed by atoms with Crippen LogP contribution in [-0.4, -0.2) is 101 Å². The van der Waals surface area contributed by atoms with Gasteiger partial charge in [-0.3, -0.25) is 29.0 Å². The summed E-state index contributed by atoms with van der Waals surface area (Å²) in [5.74, 6) is -5.91. The van der Waals surface area contributed by atoms with Crippen molar-refractivity contribution in [1.29, 1.82) is 0 Å². The highest BCUT2D eigenvalue weighted by molar-refractivity contribution is 5.95. The fourth-order valence-corrected chi connectivity index (χ4v) is 4.87. The number of H-pyrrole nitrogens is 1. The number of guanidine groups is 1. The summed E-state index contributed by atoms with van der Waals surface area (Å²) in [6.45, 7) is 0.219. The van der Waals surface area contributed by atoms with Crippen LogP contribution >= 0.6 is 0 Å². The first-order valence-electron chi connectivity index (χ1n) is 14.4. The van der Waals surface area contributed by atoms with Gasteiger partial charge in [-0.2, -0.15) is 0 Å². The molecule has 0 saturated carbocycles. The Kier molecular flexibility index (Phi) is 12.7. The molecule has 1 fully saturated rings. The van der Waals surface area contributed by atoms with Crippen molar-refractivity contribution in [3.05, 3.63) is 36.0 Å². The fourth-order valence-electron chi connectivity index (χ4n) is 4.87. The van der Waals surface area contributed by atoms with Crippen molar-refractivity contribution in [2.45, 2.75) is 62.7 Å². The van der Waals surface area contributed by atoms with Gasteiger partial charge in [-0.1, -0.05) is 18.2 Å². The van der Waals surface area contributed by atoms with Crippen molar-refractivity contribution in [1.82, 2.24) is 31.6 Å². The summed E-state index contributed by atoms with van der Waals surface area (Å²) >= 11 is 0. The minimum atomic E-state index is -1.64. The second kappa shape index (κ2) is 16.6. The Morgan fingerprint density at radius 1 is 0.978 bits per heavy atom. The van der Waals surface area contributed by atoms with Gasteiger partial charge in [0.1, 0.15) is 18.1 Å². The average molecular weight is 630 g/mol. The Labute approximate surface area is 257 Å². The molecule has 1 aliphatic heterocycles. The maximum atomic E-state index is 13.0. The summed E-state index contributed by atoms with van der Waals surface area (Å²) in [6.07, 6.45) is 2.57. The number of aromatic amines is 1. The third-order valence-electron chi connectivity index (χ3n) is 7.12. The molecular weight excluding hydrogens is 590 g/mol. The maximum Gasteiger partial charge on any atom is 0.326 e. The maximum absolute atomic E-state index is 13.0. The largest absolute Gasteiger partial charge is 0.481 e. The van der Waals surface area contributed by atoms with Gasteiger partial charge in [0.25, 0.3) is 0 Å². The van der Waals surface area contributed by atoms with Crippen LogP contribution in [-0.2, 0) is 35.2 Å². The van der Waals surface area contributed by atoms with E-state index in [1.807, 2.05) is 0 Å². The number of carboxylic acids is 2. The van der Waals surface area contributed by atoms with Gasteiger partial charge in [0.05, 0.1) is 19.0 Å². The number of amides is 4. The van der Waals surface area contributed by atoms with Crippen LogP contribution in [0.25, 0.3) is 10.9 Å². The molecule has 1 saturated heterocycles. The van der Waals surface area contributed by atoms with Gasteiger partial charge in [0, 0.05) is 30.1 Å². The van der Waals surface area contributed by atoms with Crippen LogP contribution in [0.2, 0.25) is 0 Å². The Morgan fingerprint density at radius 3 is 2.40 bits per heavy atom. The molecule has 0 bridgehead atoms. The molecule has 1 aromatic carbocycles. The molecule has 0 spiro atoms. The van der Waals surface area contributed by atoms with E-state index in [0.29, 0.717) is 24.9 Å². The molecule has 4 atom stereocenters. The first-order valence-corrected chi connectivity index (χ1v) is 14.4. The van der Waals surface area contributed by atoms with E-state index in [9.17, 15) is 39.0 Å². The van der Waals surface area contributed by atoms with E-state index in [4.69, 9.17) is 11.5 Å². The monoisotopic (exact) mass is 629 g/mol. The molecule has 4 unspecified atom stereocenters. The molecule has 2 aromatic rings. The van der Waals surface area contributed by atoms with Crippen molar-refractivity contribution in [2.75, 3.05) is 19.6 Å². The summed E-state index contributed by atoms with van der Waals surface area (Å²) in [4.78, 5) is 81.5. The molecule has 244 valence electrons. The predicted octanol–water partition coefficient (Wildman–Crippen LogP) is -2.35. The number of nitrogens with one attached hydrogen (secondary N) is 6. The van der Waals surface area contributed by atoms with E-state index in [1.54, 1.807) is 30.5 Å². The van der Waals surface area contributed by atoms with Gasteiger partial charge < -0.3 is 53.2 Å². The minimum absolute atomic E-state index is 0.110. The third kappa shape index (κ3) is 10.8. The first kappa shape index (κ1) is 34.3. The molecule has 0 radical (unpaired) electrons. The highest BCUT2D eigenvalue weighted by Gasteiger charge is 2.30. The zero-order valence-electron chi connectivity index (χ0n) is 24.5. The fraction of sp³-hybridized carbons (Fsp3) is 0.464. The van der Waals surface area contributed by atoms with Gasteiger partial charge in [0.15, 0.2) is 5.96 Å². The van der Waals surface area contributed by atoms with Crippen LogP contribution in [0.3, 0.4) is 0 Å². The quantitative estimate of drug-likeness (QED) is 0.0502. The minimum Gasteiger partial charge on any atom is -0.481 e. The lowest BCUT2D eigenvalue weighted by Gasteiger charge is -2.22. The number of fused-ring (bicyclic) bond motifs is 1. The summed E-state index contributed by atoms with van der Waals surface area (Å²) in [5.41, 5.74) is 12.0. The van der Waals surface area contributed by atoms with Crippen molar-refractivity contribution in [3.63, 3.8) is 0 Å². The number of aliphatic carboxylic acids is 2. The summed E-state index contributed by atoms with van der Waals surface area (Å²) in [6, 6.07) is 2.63. The van der Waals surface area contributed by atoms with Crippen molar-refractivity contribution >= 4 is 52.4 Å². The van der Waals surface area contributed by atoms with Crippen LogP contribution in [0.4, 0.5) is 0 Å². The van der Waals surface area contributed by atoms with Gasteiger partial charge >= 0.3 is 11.9 Å². The zero-order chi connectivity index (χ0) is 32.9. The number of carboxylic acid groups (broad SMARTS) is 2. The normalized spacial score (nSPS) is 16.1. The molecule has 2 heterocycles. The Morgan fingerprint density at radius 2 is 1.73 bits per heavy atom. The number of carbonyl (C=O) groups excluding carboxylic acids is 4. The van der Waals surface area contributed by atoms with E-state index < -0.39 is 66.8 Å². The van der Waals surface area contributed by atoms with Crippen molar-refractivity contribution in [2.24, 2.45) is 16.5 Å². The van der Waals surface area contributed by atoms with Crippen LogP contribution in [0.15, 0.2) is 35.5 Å².